The first-order valence-electron chi connectivity index (χ1n) is 11.2. The van der Waals surface area contributed by atoms with E-state index in [9.17, 15) is 18.0 Å². The lowest BCUT2D eigenvalue weighted by Gasteiger charge is -2.35. The minimum atomic E-state index is -3.64. The molecule has 0 unspecified atom stereocenters. The van der Waals surface area contributed by atoms with Crippen molar-refractivity contribution in [2.45, 2.75) is 51.5 Å². The minimum Gasteiger partial charge on any atom is -0.347 e. The Kier molecular flexibility index (Phi) is 5.96. The highest BCUT2D eigenvalue weighted by Gasteiger charge is 2.30. The second-order valence-corrected chi connectivity index (χ2v) is 11.0. The number of benzene rings is 1. The van der Waals surface area contributed by atoms with Crippen molar-refractivity contribution in [1.29, 1.82) is 0 Å². The molecule has 2 fully saturated rings. The molecule has 1 aromatic carbocycles. The molecule has 2 atom stereocenters. The van der Waals surface area contributed by atoms with Gasteiger partial charge in [-0.2, -0.15) is 4.31 Å². The zero-order valence-electron chi connectivity index (χ0n) is 18.5. The van der Waals surface area contributed by atoms with Crippen molar-refractivity contribution in [2.24, 2.45) is 11.8 Å². The maximum absolute atomic E-state index is 13.4. The molecular weight excluding hydrogens is 414 g/mol. The number of piperidine rings is 1. The molecule has 0 saturated carbocycles. The summed E-state index contributed by atoms with van der Waals surface area (Å²) in [5.74, 6) is 0.512. The zero-order valence-corrected chi connectivity index (χ0v) is 19.3. The topological polar surface area (TPSA) is 79.7 Å². The first-order valence-corrected chi connectivity index (χ1v) is 12.6. The van der Waals surface area contributed by atoms with Crippen LogP contribution in [0.3, 0.4) is 0 Å². The summed E-state index contributed by atoms with van der Waals surface area (Å²) in [6, 6.07) is 4.70. The fourth-order valence-corrected chi connectivity index (χ4v) is 6.57. The Morgan fingerprint density at radius 3 is 2.35 bits per heavy atom. The van der Waals surface area contributed by atoms with E-state index in [0.29, 0.717) is 50.1 Å². The van der Waals surface area contributed by atoms with Gasteiger partial charge in [0.1, 0.15) is 5.56 Å². The molecule has 0 aliphatic carbocycles. The molecule has 2 aliphatic rings. The van der Waals surface area contributed by atoms with E-state index in [1.807, 2.05) is 11.5 Å². The van der Waals surface area contributed by atoms with Crippen LogP contribution in [0.2, 0.25) is 0 Å². The van der Waals surface area contributed by atoms with Crippen LogP contribution in [0.1, 0.15) is 50.4 Å². The Balaban J connectivity index is 1.81. The quantitative estimate of drug-likeness (QED) is 0.725. The third kappa shape index (κ3) is 4.03. The van der Waals surface area contributed by atoms with Crippen molar-refractivity contribution in [2.75, 3.05) is 26.2 Å². The highest BCUT2D eigenvalue weighted by Crippen LogP contribution is 2.25. The molecule has 0 spiro atoms. The summed E-state index contributed by atoms with van der Waals surface area (Å²) in [6.07, 6.45) is 4.39. The standard InChI is InChI=1S/C23H31N3O4S/c1-4-24-15-20(23(28)25-13-16(2)11-17(3)14-25)22(27)19-12-18(7-8-21(19)24)31(29,30)26-9-5-6-10-26/h7-8,12,15-17H,4-6,9-11,13-14H2,1-3H3/t16-,17-/m1/s1. The molecule has 2 aliphatic heterocycles. The molecule has 31 heavy (non-hydrogen) atoms. The molecule has 0 radical (unpaired) electrons. The summed E-state index contributed by atoms with van der Waals surface area (Å²) < 4.78 is 29.4. The first-order chi connectivity index (χ1) is 14.7. The molecule has 1 amide bonds. The average Bonchev–Trinajstić information content (AvgIpc) is 3.28. The van der Waals surface area contributed by atoms with Gasteiger partial charge < -0.3 is 9.47 Å². The third-order valence-electron chi connectivity index (χ3n) is 6.48. The van der Waals surface area contributed by atoms with Crippen LogP contribution in [-0.2, 0) is 16.6 Å². The summed E-state index contributed by atoms with van der Waals surface area (Å²) in [7, 11) is -3.64. The van der Waals surface area contributed by atoms with Gasteiger partial charge in [-0.3, -0.25) is 9.59 Å². The molecule has 168 valence electrons. The largest absolute Gasteiger partial charge is 0.347 e. The second-order valence-electron chi connectivity index (χ2n) is 9.10. The normalized spacial score (nSPS) is 22.9. The first kappa shape index (κ1) is 22.0. The van der Waals surface area contributed by atoms with Crippen LogP contribution in [0, 0.1) is 11.8 Å². The number of sulfonamides is 1. The van der Waals surface area contributed by atoms with Gasteiger partial charge in [-0.15, -0.1) is 0 Å². The highest BCUT2D eigenvalue weighted by molar-refractivity contribution is 7.89. The Hall–Kier alpha value is -2.19. The molecule has 4 rings (SSSR count). The number of fused-ring (bicyclic) bond motifs is 1. The van der Waals surface area contributed by atoms with Gasteiger partial charge in [0.15, 0.2) is 0 Å². The summed E-state index contributed by atoms with van der Waals surface area (Å²) >= 11 is 0. The van der Waals surface area contributed by atoms with E-state index in [4.69, 9.17) is 0 Å². The predicted molar refractivity (Wildman–Crippen MR) is 121 cm³/mol. The lowest BCUT2D eigenvalue weighted by Crippen LogP contribution is -2.44. The number of aryl methyl sites for hydroxylation is 1. The molecule has 7 nitrogen and oxygen atoms in total. The van der Waals surface area contributed by atoms with Gasteiger partial charge in [-0.05, 0) is 56.2 Å². The van der Waals surface area contributed by atoms with Crippen molar-refractivity contribution < 1.29 is 13.2 Å². The van der Waals surface area contributed by atoms with E-state index in [-0.39, 0.29) is 21.8 Å². The van der Waals surface area contributed by atoms with Gasteiger partial charge in [0.25, 0.3) is 5.91 Å². The summed E-state index contributed by atoms with van der Waals surface area (Å²) in [6.45, 7) is 9.03. The zero-order chi connectivity index (χ0) is 22.3. The number of carbonyl (C=O) groups excluding carboxylic acids is 1. The molecule has 0 bridgehead atoms. The molecule has 0 N–H and O–H groups in total. The summed E-state index contributed by atoms with van der Waals surface area (Å²) in [4.78, 5) is 28.6. The Bertz CT molecular complexity index is 1160. The van der Waals surface area contributed by atoms with Crippen LogP contribution >= 0.6 is 0 Å². The number of likely N-dealkylation sites (tertiary alicyclic amines) is 1. The molecule has 1 aromatic heterocycles. The van der Waals surface area contributed by atoms with Crippen molar-refractivity contribution in [3.05, 3.63) is 40.2 Å². The fourth-order valence-electron chi connectivity index (χ4n) is 5.03. The van der Waals surface area contributed by atoms with E-state index in [0.717, 1.165) is 19.3 Å². The van der Waals surface area contributed by atoms with Crippen LogP contribution in [0.5, 0.6) is 0 Å². The Labute approximate surface area is 183 Å². The van der Waals surface area contributed by atoms with Gasteiger partial charge in [0, 0.05) is 44.3 Å². The number of aromatic nitrogens is 1. The van der Waals surface area contributed by atoms with E-state index >= 15 is 0 Å². The third-order valence-corrected chi connectivity index (χ3v) is 8.38. The van der Waals surface area contributed by atoms with Gasteiger partial charge in [0.05, 0.1) is 10.4 Å². The van der Waals surface area contributed by atoms with Gasteiger partial charge >= 0.3 is 0 Å². The van der Waals surface area contributed by atoms with E-state index in [1.165, 1.54) is 10.4 Å². The molecule has 2 aromatic rings. The molecular formula is C23H31N3O4S. The second kappa shape index (κ2) is 8.39. The summed E-state index contributed by atoms with van der Waals surface area (Å²) in [5, 5.41) is 0.283. The van der Waals surface area contributed by atoms with Crippen molar-refractivity contribution in [3.8, 4) is 0 Å². The SMILES string of the molecule is CCn1cc(C(=O)N2C[C@H](C)C[C@@H](C)C2)c(=O)c2cc(S(=O)(=O)N3CCCC3)ccc21. The number of amides is 1. The maximum atomic E-state index is 13.4. The Morgan fingerprint density at radius 2 is 1.74 bits per heavy atom. The van der Waals surface area contributed by atoms with E-state index < -0.39 is 15.5 Å². The molecule has 3 heterocycles. The van der Waals surface area contributed by atoms with Gasteiger partial charge in [0.2, 0.25) is 15.5 Å². The number of hydrogen-bond acceptors (Lipinski definition) is 4. The van der Waals surface area contributed by atoms with Crippen LogP contribution in [0.4, 0.5) is 0 Å². The monoisotopic (exact) mass is 445 g/mol. The minimum absolute atomic E-state index is 0.117. The fraction of sp³-hybridized carbons (Fsp3) is 0.565. The summed E-state index contributed by atoms with van der Waals surface area (Å²) in [5.41, 5.74) is 0.366. The van der Waals surface area contributed by atoms with Crippen molar-refractivity contribution in [3.63, 3.8) is 0 Å². The van der Waals surface area contributed by atoms with Gasteiger partial charge in [-0.25, -0.2) is 8.42 Å². The highest BCUT2D eigenvalue weighted by atomic mass is 32.2. The van der Waals surface area contributed by atoms with Crippen LogP contribution in [0.15, 0.2) is 34.1 Å². The molecule has 8 heteroatoms. The number of pyridine rings is 1. The van der Waals surface area contributed by atoms with Crippen molar-refractivity contribution >= 4 is 26.8 Å². The number of hydrogen-bond donors (Lipinski definition) is 0. The number of nitrogens with zero attached hydrogens (tertiary/aromatic N) is 3. The van der Waals surface area contributed by atoms with Crippen LogP contribution < -0.4 is 5.43 Å². The van der Waals surface area contributed by atoms with Crippen LogP contribution in [0.25, 0.3) is 10.9 Å². The molecule has 2 saturated heterocycles. The van der Waals surface area contributed by atoms with Crippen molar-refractivity contribution in [1.82, 2.24) is 13.8 Å². The predicted octanol–water partition coefficient (Wildman–Crippen LogP) is 2.92. The van der Waals surface area contributed by atoms with E-state index in [2.05, 4.69) is 13.8 Å². The van der Waals surface area contributed by atoms with Gasteiger partial charge in [-0.1, -0.05) is 13.8 Å². The average molecular weight is 446 g/mol. The van der Waals surface area contributed by atoms with E-state index in [1.54, 1.807) is 23.2 Å². The number of carbonyl (C=O) groups is 1. The van der Waals surface area contributed by atoms with Crippen LogP contribution in [-0.4, -0.2) is 54.3 Å². The maximum Gasteiger partial charge on any atom is 0.259 e. The smallest absolute Gasteiger partial charge is 0.259 e. The lowest BCUT2D eigenvalue weighted by molar-refractivity contribution is 0.0621. The lowest BCUT2D eigenvalue weighted by atomic mass is 9.91. The number of rotatable bonds is 4. The Morgan fingerprint density at radius 1 is 1.10 bits per heavy atom.